The number of nitrogens with zero attached hydrogens (tertiary/aromatic N) is 2. The Morgan fingerprint density at radius 2 is 1.75 bits per heavy atom. The van der Waals surface area contributed by atoms with Crippen molar-refractivity contribution in [2.24, 2.45) is 0 Å². The third-order valence-corrected chi connectivity index (χ3v) is 7.85. The fraction of sp³-hybridized carbons (Fsp3) is 0.429. The summed E-state index contributed by atoms with van der Waals surface area (Å²) in [7, 11) is 0. The van der Waals surface area contributed by atoms with Crippen molar-refractivity contribution < 1.29 is 0 Å². The molecular weight excluding hydrogens is 412 g/mol. The van der Waals surface area contributed by atoms with Crippen LogP contribution in [0.5, 0.6) is 0 Å². The van der Waals surface area contributed by atoms with E-state index >= 15 is 0 Å². The van der Waals surface area contributed by atoms with Crippen LogP contribution >= 0.6 is 11.8 Å². The number of hydrogen-bond donors (Lipinski definition) is 0. The molecule has 1 heterocycles. The van der Waals surface area contributed by atoms with E-state index in [1.165, 1.54) is 24.8 Å². The summed E-state index contributed by atoms with van der Waals surface area (Å²) >= 11 is 1.74. The highest BCUT2D eigenvalue weighted by Crippen LogP contribution is 2.43. The van der Waals surface area contributed by atoms with Gasteiger partial charge in [-0.05, 0) is 30.4 Å². The van der Waals surface area contributed by atoms with E-state index < -0.39 is 0 Å². The maximum atomic E-state index is 14.1. The van der Waals surface area contributed by atoms with Crippen molar-refractivity contribution in [1.82, 2.24) is 9.55 Å². The van der Waals surface area contributed by atoms with Gasteiger partial charge in [0.1, 0.15) is 0 Å². The Morgan fingerprint density at radius 3 is 2.50 bits per heavy atom. The van der Waals surface area contributed by atoms with Gasteiger partial charge in [0.2, 0.25) is 0 Å². The molecule has 1 aliphatic carbocycles. The van der Waals surface area contributed by atoms with Gasteiger partial charge in [0.05, 0.1) is 17.8 Å². The van der Waals surface area contributed by atoms with E-state index in [-0.39, 0.29) is 11.0 Å². The van der Waals surface area contributed by atoms with E-state index in [1.807, 2.05) is 22.8 Å². The summed E-state index contributed by atoms with van der Waals surface area (Å²) in [4.78, 5) is 19.3. The fourth-order valence-electron chi connectivity index (χ4n) is 4.70. The Hall–Kier alpha value is -2.33. The highest BCUT2D eigenvalue weighted by Gasteiger charge is 2.38. The molecule has 0 bridgehead atoms. The number of rotatable bonds is 9. The second-order valence-electron chi connectivity index (χ2n) is 9.15. The van der Waals surface area contributed by atoms with Crippen LogP contribution in [0.3, 0.4) is 0 Å². The van der Waals surface area contributed by atoms with E-state index in [0.29, 0.717) is 6.54 Å². The van der Waals surface area contributed by atoms with Gasteiger partial charge in [-0.3, -0.25) is 9.36 Å². The van der Waals surface area contributed by atoms with Crippen molar-refractivity contribution in [3.05, 3.63) is 81.6 Å². The summed E-state index contributed by atoms with van der Waals surface area (Å²) in [6.07, 6.45) is 6.68. The van der Waals surface area contributed by atoms with Crippen LogP contribution in [-0.4, -0.2) is 15.3 Å². The van der Waals surface area contributed by atoms with Crippen LogP contribution in [0.15, 0.2) is 64.5 Å². The zero-order chi connectivity index (χ0) is 22.6. The van der Waals surface area contributed by atoms with Crippen molar-refractivity contribution in [3.8, 4) is 11.3 Å². The summed E-state index contributed by atoms with van der Waals surface area (Å²) in [5.74, 6) is 0.993. The maximum Gasteiger partial charge on any atom is 0.258 e. The average Bonchev–Trinajstić information content (AvgIpc) is 2.81. The standard InChI is InChI=1S/C28H34N2OS/c1-4-6-7-13-18-32-27-29-25-23-17-12-11-16-22(23)19-28(3,5-2)24(25)26(31)30(27)20-21-14-9-8-10-15-21/h8-12,14-17H,4-7,13,18-20H2,1-3H3/t28-/m0/s1. The molecule has 0 unspecified atom stereocenters. The predicted molar refractivity (Wildman–Crippen MR) is 136 cm³/mol. The molecule has 1 aromatic heterocycles. The molecule has 0 saturated carbocycles. The van der Waals surface area contributed by atoms with E-state index in [1.54, 1.807) is 11.8 Å². The van der Waals surface area contributed by atoms with Gasteiger partial charge in [-0.1, -0.05) is 106 Å². The van der Waals surface area contributed by atoms with Gasteiger partial charge >= 0.3 is 0 Å². The molecule has 0 fully saturated rings. The molecule has 2 aromatic carbocycles. The van der Waals surface area contributed by atoms with E-state index in [0.717, 1.165) is 52.6 Å². The van der Waals surface area contributed by atoms with Crippen LogP contribution in [0.25, 0.3) is 11.3 Å². The quantitative estimate of drug-likeness (QED) is 0.205. The minimum atomic E-state index is -0.198. The van der Waals surface area contributed by atoms with Crippen LogP contribution < -0.4 is 5.56 Å². The Kier molecular flexibility index (Phi) is 7.20. The van der Waals surface area contributed by atoms with Crippen molar-refractivity contribution >= 4 is 11.8 Å². The predicted octanol–water partition coefficient (Wildman–Crippen LogP) is 6.85. The molecule has 0 spiro atoms. The van der Waals surface area contributed by atoms with Crippen molar-refractivity contribution in [2.45, 2.75) is 76.4 Å². The molecular formula is C28H34N2OS. The molecule has 0 amide bonds. The minimum absolute atomic E-state index is 0.133. The van der Waals surface area contributed by atoms with Gasteiger partial charge in [-0.25, -0.2) is 4.98 Å². The lowest BCUT2D eigenvalue weighted by Gasteiger charge is -2.36. The Bertz CT molecular complexity index is 1120. The fourth-order valence-corrected chi connectivity index (χ4v) is 5.69. The number of thioether (sulfide) groups is 1. The van der Waals surface area contributed by atoms with Crippen LogP contribution in [0.1, 0.15) is 69.6 Å². The van der Waals surface area contributed by atoms with Gasteiger partial charge in [-0.2, -0.15) is 0 Å². The van der Waals surface area contributed by atoms with Crippen LogP contribution in [0.4, 0.5) is 0 Å². The first-order chi connectivity index (χ1) is 15.6. The summed E-state index contributed by atoms with van der Waals surface area (Å²) < 4.78 is 1.93. The SMILES string of the molecule is CCCCCCSc1nc2c(c(=O)n1Cc1ccccc1)[C@@](C)(CC)Cc1ccccc1-2. The van der Waals surface area contributed by atoms with Gasteiger partial charge < -0.3 is 0 Å². The van der Waals surface area contributed by atoms with Gasteiger partial charge in [0, 0.05) is 16.7 Å². The lowest BCUT2D eigenvalue weighted by atomic mass is 9.69. The van der Waals surface area contributed by atoms with Crippen LogP contribution in [0.2, 0.25) is 0 Å². The zero-order valence-electron chi connectivity index (χ0n) is 19.6. The van der Waals surface area contributed by atoms with E-state index in [2.05, 4.69) is 57.2 Å². The molecule has 3 aromatic rings. The first-order valence-corrected chi connectivity index (χ1v) is 13.0. The molecule has 0 aliphatic heterocycles. The molecule has 1 aliphatic rings. The number of fused-ring (bicyclic) bond motifs is 3. The molecule has 168 valence electrons. The largest absolute Gasteiger partial charge is 0.283 e. The van der Waals surface area contributed by atoms with Gasteiger partial charge in [0.25, 0.3) is 5.56 Å². The summed E-state index contributed by atoms with van der Waals surface area (Å²) in [5.41, 5.74) is 5.30. The molecule has 0 radical (unpaired) electrons. The van der Waals surface area contributed by atoms with Crippen LogP contribution in [0, 0.1) is 0 Å². The number of aromatic nitrogens is 2. The summed E-state index contributed by atoms with van der Waals surface area (Å²) in [6, 6.07) is 18.8. The molecule has 32 heavy (non-hydrogen) atoms. The summed E-state index contributed by atoms with van der Waals surface area (Å²) in [5, 5.41) is 0.851. The molecule has 1 atom stereocenters. The number of hydrogen-bond acceptors (Lipinski definition) is 3. The molecule has 0 saturated heterocycles. The smallest absolute Gasteiger partial charge is 0.258 e. The molecule has 4 heteroatoms. The minimum Gasteiger partial charge on any atom is -0.283 e. The maximum absolute atomic E-state index is 14.1. The number of benzene rings is 2. The Labute approximate surface area is 196 Å². The lowest BCUT2D eigenvalue weighted by molar-refractivity contribution is 0.430. The zero-order valence-corrected chi connectivity index (χ0v) is 20.4. The van der Waals surface area contributed by atoms with Gasteiger partial charge in [-0.15, -0.1) is 0 Å². The third kappa shape index (κ3) is 4.56. The highest BCUT2D eigenvalue weighted by molar-refractivity contribution is 7.99. The Balaban J connectivity index is 1.83. The molecule has 0 N–H and O–H groups in total. The first-order valence-electron chi connectivity index (χ1n) is 12.0. The lowest BCUT2D eigenvalue weighted by Crippen LogP contribution is -2.40. The first kappa shape index (κ1) is 22.8. The average molecular weight is 447 g/mol. The van der Waals surface area contributed by atoms with Crippen molar-refractivity contribution in [2.75, 3.05) is 5.75 Å². The molecule has 4 rings (SSSR count). The third-order valence-electron chi connectivity index (χ3n) is 6.78. The Morgan fingerprint density at radius 1 is 1.00 bits per heavy atom. The van der Waals surface area contributed by atoms with E-state index in [9.17, 15) is 4.79 Å². The summed E-state index contributed by atoms with van der Waals surface area (Å²) in [6.45, 7) is 7.22. The second-order valence-corrected chi connectivity index (χ2v) is 10.2. The normalized spacial score (nSPS) is 17.1. The van der Waals surface area contributed by atoms with Crippen LogP contribution in [-0.2, 0) is 18.4 Å². The van der Waals surface area contributed by atoms with E-state index in [4.69, 9.17) is 4.98 Å². The monoisotopic (exact) mass is 446 g/mol. The van der Waals surface area contributed by atoms with Crippen molar-refractivity contribution in [3.63, 3.8) is 0 Å². The van der Waals surface area contributed by atoms with Gasteiger partial charge in [0.15, 0.2) is 5.16 Å². The number of unbranched alkanes of at least 4 members (excludes halogenated alkanes) is 3. The molecule has 3 nitrogen and oxygen atoms in total. The van der Waals surface area contributed by atoms with Crippen molar-refractivity contribution in [1.29, 1.82) is 0 Å². The topological polar surface area (TPSA) is 34.9 Å². The second kappa shape index (κ2) is 10.1. The highest BCUT2D eigenvalue weighted by atomic mass is 32.2.